The van der Waals surface area contributed by atoms with Crippen LogP contribution in [0.2, 0.25) is 0 Å². The second-order valence-electron chi connectivity index (χ2n) is 5.07. The minimum absolute atomic E-state index is 0.175. The largest absolute Gasteiger partial charge is 0.490 e. The average molecular weight is 295 g/mol. The van der Waals surface area contributed by atoms with Gasteiger partial charge in [-0.3, -0.25) is 4.79 Å². The molecule has 118 valence electrons. The molecule has 2 unspecified atom stereocenters. The van der Waals surface area contributed by atoms with E-state index < -0.39 is 12.1 Å². The van der Waals surface area contributed by atoms with Crippen LogP contribution in [0.1, 0.15) is 25.0 Å². The number of carbonyl (C=O) groups excluding carboxylic acids is 1. The number of benzene rings is 1. The number of aliphatic hydroxyl groups is 1. The van der Waals surface area contributed by atoms with E-state index in [1.54, 1.807) is 13.8 Å². The van der Waals surface area contributed by atoms with Gasteiger partial charge in [0.25, 0.3) is 0 Å². The monoisotopic (exact) mass is 295 g/mol. The number of hydrogen-bond donors (Lipinski definition) is 2. The fraction of sp³-hybridized carbons (Fsp3) is 0.562. The molecule has 0 aliphatic heterocycles. The minimum Gasteiger partial charge on any atom is -0.490 e. The first kappa shape index (κ1) is 17.5. The fourth-order valence-electron chi connectivity index (χ4n) is 1.93. The molecule has 0 aliphatic carbocycles. The molecule has 5 nitrogen and oxygen atoms in total. The third kappa shape index (κ3) is 5.73. The van der Waals surface area contributed by atoms with Gasteiger partial charge in [0.1, 0.15) is 24.5 Å². The normalized spacial score (nSPS) is 13.6. The van der Waals surface area contributed by atoms with Gasteiger partial charge in [-0.25, -0.2) is 0 Å². The van der Waals surface area contributed by atoms with Crippen molar-refractivity contribution in [2.75, 3.05) is 19.8 Å². The summed E-state index contributed by atoms with van der Waals surface area (Å²) in [5.41, 5.74) is 2.07. The smallest absolute Gasteiger partial charge is 0.322 e. The van der Waals surface area contributed by atoms with Crippen LogP contribution in [0.25, 0.3) is 0 Å². The van der Waals surface area contributed by atoms with Crippen LogP contribution in [0.3, 0.4) is 0 Å². The van der Waals surface area contributed by atoms with Crippen molar-refractivity contribution in [1.29, 1.82) is 0 Å². The van der Waals surface area contributed by atoms with Gasteiger partial charge in [0, 0.05) is 6.54 Å². The summed E-state index contributed by atoms with van der Waals surface area (Å²) in [5, 5.41) is 12.8. The molecule has 1 rings (SSSR count). The minimum atomic E-state index is -0.694. The Morgan fingerprint density at radius 1 is 1.33 bits per heavy atom. The second-order valence-corrected chi connectivity index (χ2v) is 5.07. The van der Waals surface area contributed by atoms with Crippen molar-refractivity contribution < 1.29 is 19.4 Å². The van der Waals surface area contributed by atoms with E-state index in [-0.39, 0.29) is 19.1 Å². The van der Waals surface area contributed by atoms with Crippen LogP contribution >= 0.6 is 0 Å². The molecule has 0 amide bonds. The SMILES string of the molecule is CCOC(=O)C(C)NCC(O)COc1c(C)cccc1C. The van der Waals surface area contributed by atoms with Gasteiger partial charge in [-0.2, -0.15) is 0 Å². The summed E-state index contributed by atoms with van der Waals surface area (Å²) in [7, 11) is 0. The fourth-order valence-corrected chi connectivity index (χ4v) is 1.93. The first-order valence-electron chi connectivity index (χ1n) is 7.22. The van der Waals surface area contributed by atoms with Crippen molar-refractivity contribution in [3.63, 3.8) is 0 Å². The Hall–Kier alpha value is -1.59. The van der Waals surface area contributed by atoms with Crippen LogP contribution in [0.15, 0.2) is 18.2 Å². The summed E-state index contributed by atoms with van der Waals surface area (Å²) in [6.07, 6.45) is -0.694. The van der Waals surface area contributed by atoms with Crippen LogP contribution < -0.4 is 10.1 Å². The van der Waals surface area contributed by atoms with Crippen molar-refractivity contribution in [2.24, 2.45) is 0 Å². The quantitative estimate of drug-likeness (QED) is 0.713. The zero-order valence-corrected chi connectivity index (χ0v) is 13.2. The average Bonchev–Trinajstić information content (AvgIpc) is 2.44. The molecular formula is C16H25NO4. The number of ether oxygens (including phenoxy) is 2. The molecule has 2 atom stereocenters. The lowest BCUT2D eigenvalue weighted by Gasteiger charge is -2.18. The molecule has 0 bridgehead atoms. The lowest BCUT2D eigenvalue weighted by Crippen LogP contribution is -2.41. The molecule has 0 saturated heterocycles. The van der Waals surface area contributed by atoms with Crippen LogP contribution in [0.4, 0.5) is 0 Å². The molecule has 5 heteroatoms. The van der Waals surface area contributed by atoms with Gasteiger partial charge in [-0.05, 0) is 38.8 Å². The maximum atomic E-state index is 11.4. The maximum absolute atomic E-state index is 11.4. The number of nitrogens with one attached hydrogen (secondary N) is 1. The van der Waals surface area contributed by atoms with Gasteiger partial charge in [0.15, 0.2) is 0 Å². The zero-order valence-electron chi connectivity index (χ0n) is 13.2. The lowest BCUT2D eigenvalue weighted by atomic mass is 10.1. The standard InChI is InChI=1S/C16H25NO4/c1-5-20-16(19)13(4)17-9-14(18)10-21-15-11(2)7-6-8-12(15)3/h6-8,13-14,17-18H,5,9-10H2,1-4H3. The Labute approximate surface area is 126 Å². The van der Waals surface area contributed by atoms with E-state index in [9.17, 15) is 9.90 Å². The number of aryl methyl sites for hydroxylation is 2. The van der Waals surface area contributed by atoms with Crippen LogP contribution in [0.5, 0.6) is 5.75 Å². The molecule has 0 fully saturated rings. The summed E-state index contributed by atoms with van der Waals surface area (Å²) in [4.78, 5) is 11.4. The number of hydrogen-bond acceptors (Lipinski definition) is 5. The molecule has 1 aromatic carbocycles. The molecule has 0 aliphatic rings. The van der Waals surface area contributed by atoms with Gasteiger partial charge in [-0.15, -0.1) is 0 Å². The predicted molar refractivity (Wildman–Crippen MR) is 81.5 cm³/mol. The highest BCUT2D eigenvalue weighted by atomic mass is 16.5. The number of aliphatic hydroxyl groups excluding tert-OH is 1. The number of rotatable bonds is 8. The molecule has 0 spiro atoms. The summed E-state index contributed by atoms with van der Waals surface area (Å²) >= 11 is 0. The van der Waals surface area contributed by atoms with Gasteiger partial charge in [0.05, 0.1) is 6.61 Å². The van der Waals surface area contributed by atoms with Crippen molar-refractivity contribution in [3.8, 4) is 5.75 Å². The van der Waals surface area contributed by atoms with E-state index in [0.717, 1.165) is 16.9 Å². The Morgan fingerprint density at radius 3 is 2.52 bits per heavy atom. The van der Waals surface area contributed by atoms with Crippen LogP contribution in [-0.4, -0.2) is 43.0 Å². The molecule has 0 heterocycles. The second kappa shape index (κ2) is 8.64. The summed E-state index contributed by atoms with van der Waals surface area (Å²) in [6, 6.07) is 5.46. The molecule has 2 N–H and O–H groups in total. The number of carbonyl (C=O) groups is 1. The van der Waals surface area contributed by atoms with E-state index in [4.69, 9.17) is 9.47 Å². The predicted octanol–water partition coefficient (Wildman–Crippen LogP) is 1.58. The van der Waals surface area contributed by atoms with Crippen LogP contribution in [0, 0.1) is 13.8 Å². The van der Waals surface area contributed by atoms with E-state index in [1.807, 2.05) is 32.0 Å². The number of para-hydroxylation sites is 1. The number of esters is 1. The molecule has 21 heavy (non-hydrogen) atoms. The highest BCUT2D eigenvalue weighted by Crippen LogP contribution is 2.22. The third-order valence-electron chi connectivity index (χ3n) is 3.13. The van der Waals surface area contributed by atoms with Gasteiger partial charge in [-0.1, -0.05) is 18.2 Å². The Balaban J connectivity index is 2.38. The molecule has 0 radical (unpaired) electrons. The van der Waals surface area contributed by atoms with E-state index in [1.165, 1.54) is 0 Å². The van der Waals surface area contributed by atoms with E-state index in [2.05, 4.69) is 5.32 Å². The summed E-state index contributed by atoms with van der Waals surface area (Å²) in [6.45, 7) is 8.20. The molecule has 0 aromatic heterocycles. The highest BCUT2D eigenvalue weighted by molar-refractivity contribution is 5.75. The topological polar surface area (TPSA) is 67.8 Å². The van der Waals surface area contributed by atoms with Crippen molar-refractivity contribution in [3.05, 3.63) is 29.3 Å². The first-order chi connectivity index (χ1) is 9.95. The van der Waals surface area contributed by atoms with Gasteiger partial charge in [0.2, 0.25) is 0 Å². The van der Waals surface area contributed by atoms with E-state index in [0.29, 0.717) is 6.61 Å². The third-order valence-corrected chi connectivity index (χ3v) is 3.13. The lowest BCUT2D eigenvalue weighted by molar-refractivity contribution is -0.145. The van der Waals surface area contributed by atoms with Crippen molar-refractivity contribution in [2.45, 2.75) is 39.8 Å². The highest BCUT2D eigenvalue weighted by Gasteiger charge is 2.15. The Kier molecular flexibility index (Phi) is 7.19. The van der Waals surface area contributed by atoms with Crippen molar-refractivity contribution in [1.82, 2.24) is 5.32 Å². The van der Waals surface area contributed by atoms with Crippen molar-refractivity contribution >= 4 is 5.97 Å². The zero-order chi connectivity index (χ0) is 15.8. The van der Waals surface area contributed by atoms with Crippen LogP contribution in [-0.2, 0) is 9.53 Å². The van der Waals surface area contributed by atoms with Gasteiger partial charge >= 0.3 is 5.97 Å². The molecule has 0 saturated carbocycles. The Bertz CT molecular complexity index is 441. The summed E-state index contributed by atoms with van der Waals surface area (Å²) < 4.78 is 10.5. The Morgan fingerprint density at radius 2 is 1.95 bits per heavy atom. The molecule has 1 aromatic rings. The van der Waals surface area contributed by atoms with E-state index >= 15 is 0 Å². The van der Waals surface area contributed by atoms with Gasteiger partial charge < -0.3 is 19.9 Å². The summed E-state index contributed by atoms with van der Waals surface area (Å²) in [5.74, 6) is 0.482. The maximum Gasteiger partial charge on any atom is 0.322 e. The molecular weight excluding hydrogens is 270 g/mol. The first-order valence-corrected chi connectivity index (χ1v) is 7.22.